The van der Waals surface area contributed by atoms with Crippen LogP contribution in [0.1, 0.15) is 0 Å². The van der Waals surface area contributed by atoms with Crippen molar-refractivity contribution < 1.29 is 13.2 Å². The molecule has 1 saturated heterocycles. The third-order valence-corrected chi connectivity index (χ3v) is 7.30. The topological polar surface area (TPSA) is 88.5 Å². The Labute approximate surface area is 183 Å². The minimum atomic E-state index is -3.67. The zero-order valence-corrected chi connectivity index (χ0v) is 18.7. The number of hydrogen-bond donors (Lipinski definition) is 0. The van der Waals surface area contributed by atoms with Gasteiger partial charge in [0.15, 0.2) is 5.82 Å². The number of anilines is 1. The van der Waals surface area contributed by atoms with Gasteiger partial charge in [-0.05, 0) is 42.5 Å². The van der Waals surface area contributed by atoms with Gasteiger partial charge in [-0.3, -0.25) is 4.98 Å². The Morgan fingerprint density at radius 1 is 0.967 bits per heavy atom. The van der Waals surface area contributed by atoms with E-state index in [1.165, 1.54) is 11.4 Å². The van der Waals surface area contributed by atoms with E-state index in [0.717, 1.165) is 5.69 Å². The number of nitrogens with zero attached hydrogens (tertiary/aromatic N) is 5. The summed E-state index contributed by atoms with van der Waals surface area (Å²) in [7, 11) is -2.20. The van der Waals surface area contributed by atoms with Gasteiger partial charge in [-0.1, -0.05) is 22.0 Å². The molecule has 1 aliphatic heterocycles. The quantitative estimate of drug-likeness (QED) is 0.544. The van der Waals surface area contributed by atoms with Crippen LogP contribution in [0.5, 0.6) is 5.75 Å². The van der Waals surface area contributed by atoms with Crippen LogP contribution in [0.3, 0.4) is 0 Å². The molecule has 0 amide bonds. The highest BCUT2D eigenvalue weighted by molar-refractivity contribution is 9.10. The molecule has 0 N–H and O–H groups in total. The Morgan fingerprint density at radius 3 is 2.40 bits per heavy atom. The smallest absolute Gasteiger partial charge is 0.246 e. The molecule has 0 saturated carbocycles. The second-order valence-electron chi connectivity index (χ2n) is 6.68. The van der Waals surface area contributed by atoms with Gasteiger partial charge >= 0.3 is 0 Å². The number of ether oxygens (including phenoxy) is 1. The highest BCUT2D eigenvalue weighted by atomic mass is 79.9. The second kappa shape index (κ2) is 8.66. The van der Waals surface area contributed by atoms with Crippen molar-refractivity contribution in [1.29, 1.82) is 0 Å². The molecule has 1 fully saturated rings. The van der Waals surface area contributed by atoms with Crippen molar-refractivity contribution in [2.75, 3.05) is 38.2 Å². The number of aromatic nitrogens is 3. The predicted molar refractivity (Wildman–Crippen MR) is 117 cm³/mol. The Kier molecular flexibility index (Phi) is 5.98. The second-order valence-corrected chi connectivity index (χ2v) is 9.50. The Balaban J connectivity index is 1.47. The maximum Gasteiger partial charge on any atom is 0.246 e. The lowest BCUT2D eigenvalue weighted by molar-refractivity contribution is 0.373. The van der Waals surface area contributed by atoms with Crippen LogP contribution in [0, 0.1) is 0 Å². The zero-order valence-electron chi connectivity index (χ0n) is 16.3. The lowest BCUT2D eigenvalue weighted by Gasteiger charge is -2.34. The minimum Gasteiger partial charge on any atom is -0.495 e. The molecule has 1 aliphatic rings. The van der Waals surface area contributed by atoms with Crippen molar-refractivity contribution in [3.05, 3.63) is 59.2 Å². The fourth-order valence-electron chi connectivity index (χ4n) is 3.29. The highest BCUT2D eigenvalue weighted by Gasteiger charge is 2.31. The summed E-state index contributed by atoms with van der Waals surface area (Å²) in [6.45, 7) is 1.74. The maximum atomic E-state index is 13.1. The van der Waals surface area contributed by atoms with Crippen LogP contribution in [-0.2, 0) is 10.0 Å². The average molecular weight is 490 g/mol. The van der Waals surface area contributed by atoms with Gasteiger partial charge in [0.05, 0.1) is 12.8 Å². The number of sulfonamides is 1. The van der Waals surface area contributed by atoms with Gasteiger partial charge in [0.1, 0.15) is 16.3 Å². The summed E-state index contributed by atoms with van der Waals surface area (Å²) in [6, 6.07) is 14.4. The normalized spacial score (nSPS) is 15.2. The number of methoxy groups -OCH3 is 1. The first-order valence-electron chi connectivity index (χ1n) is 9.33. The number of hydrogen-bond acceptors (Lipinski definition) is 7. The van der Waals surface area contributed by atoms with E-state index in [2.05, 4.69) is 31.1 Å². The summed E-state index contributed by atoms with van der Waals surface area (Å²) in [4.78, 5) is 6.46. The van der Waals surface area contributed by atoms with Crippen molar-refractivity contribution in [3.8, 4) is 17.1 Å². The number of rotatable bonds is 5. The molecule has 0 unspecified atom stereocenters. The van der Waals surface area contributed by atoms with E-state index in [4.69, 9.17) is 4.74 Å². The van der Waals surface area contributed by atoms with Gasteiger partial charge in [-0.15, -0.1) is 10.2 Å². The lowest BCUT2D eigenvalue weighted by Crippen LogP contribution is -2.49. The molecule has 0 radical (unpaired) electrons. The lowest BCUT2D eigenvalue weighted by atomic mass is 10.2. The molecule has 0 aliphatic carbocycles. The first-order valence-corrected chi connectivity index (χ1v) is 11.6. The van der Waals surface area contributed by atoms with Gasteiger partial charge in [-0.2, -0.15) is 4.31 Å². The van der Waals surface area contributed by atoms with Gasteiger partial charge < -0.3 is 9.64 Å². The molecular weight excluding hydrogens is 470 g/mol. The summed E-state index contributed by atoms with van der Waals surface area (Å²) in [5.74, 6) is 1.04. The molecule has 4 rings (SSSR count). The van der Waals surface area contributed by atoms with Gasteiger partial charge in [-0.25, -0.2) is 8.42 Å². The molecule has 10 heteroatoms. The monoisotopic (exact) mass is 489 g/mol. The van der Waals surface area contributed by atoms with E-state index < -0.39 is 10.0 Å². The standard InChI is InChI=1S/C20H20BrN5O3S/c1-29-18-7-5-15(21)14-19(18)30(27,28)26-12-10-25(11-13-26)20-8-6-17(23-24-20)16-4-2-3-9-22-16/h2-9,14H,10-13H2,1H3. The molecule has 0 spiro atoms. The van der Waals surface area contributed by atoms with Crippen LogP contribution in [0.4, 0.5) is 5.82 Å². The Bertz CT molecular complexity index is 1120. The Hall–Kier alpha value is -2.56. The molecule has 30 heavy (non-hydrogen) atoms. The first kappa shape index (κ1) is 20.7. The van der Waals surface area contributed by atoms with Crippen LogP contribution in [0.2, 0.25) is 0 Å². The fourth-order valence-corrected chi connectivity index (χ4v) is 5.41. The van der Waals surface area contributed by atoms with E-state index in [0.29, 0.717) is 47.9 Å². The SMILES string of the molecule is COc1ccc(Br)cc1S(=O)(=O)N1CCN(c2ccc(-c3ccccn3)nn2)CC1. The summed E-state index contributed by atoms with van der Waals surface area (Å²) in [5, 5.41) is 8.57. The molecule has 0 atom stereocenters. The molecule has 3 heterocycles. The van der Waals surface area contributed by atoms with Crippen LogP contribution >= 0.6 is 15.9 Å². The van der Waals surface area contributed by atoms with Crippen molar-refractivity contribution in [1.82, 2.24) is 19.5 Å². The van der Waals surface area contributed by atoms with E-state index in [1.807, 2.05) is 35.2 Å². The van der Waals surface area contributed by atoms with E-state index in [-0.39, 0.29) is 4.90 Å². The van der Waals surface area contributed by atoms with E-state index in [1.54, 1.807) is 24.4 Å². The minimum absolute atomic E-state index is 0.160. The van der Waals surface area contributed by atoms with E-state index in [9.17, 15) is 8.42 Å². The number of piperazine rings is 1. The molecule has 0 bridgehead atoms. The van der Waals surface area contributed by atoms with Crippen molar-refractivity contribution in [3.63, 3.8) is 0 Å². The van der Waals surface area contributed by atoms with Crippen LogP contribution < -0.4 is 9.64 Å². The Morgan fingerprint density at radius 2 is 1.77 bits per heavy atom. The van der Waals surface area contributed by atoms with Crippen molar-refractivity contribution in [2.45, 2.75) is 4.90 Å². The molecular formula is C20H20BrN5O3S. The predicted octanol–water partition coefficient (Wildman–Crippen LogP) is 2.82. The molecule has 3 aromatic rings. The largest absolute Gasteiger partial charge is 0.495 e. The van der Waals surface area contributed by atoms with E-state index >= 15 is 0 Å². The van der Waals surface area contributed by atoms with Crippen LogP contribution in [-0.4, -0.2) is 61.2 Å². The van der Waals surface area contributed by atoms with Gasteiger partial charge in [0, 0.05) is 36.8 Å². The fraction of sp³-hybridized carbons (Fsp3) is 0.250. The summed E-state index contributed by atoms with van der Waals surface area (Å²) in [5.41, 5.74) is 1.46. The van der Waals surface area contributed by atoms with Crippen LogP contribution in [0.25, 0.3) is 11.4 Å². The summed E-state index contributed by atoms with van der Waals surface area (Å²) < 4.78 is 33.7. The van der Waals surface area contributed by atoms with Crippen molar-refractivity contribution >= 4 is 31.8 Å². The number of pyridine rings is 1. The molecule has 2 aromatic heterocycles. The maximum absolute atomic E-state index is 13.1. The molecule has 1 aromatic carbocycles. The zero-order chi connectivity index (χ0) is 21.1. The van der Waals surface area contributed by atoms with Gasteiger partial charge in [0.25, 0.3) is 0 Å². The number of halogens is 1. The summed E-state index contributed by atoms with van der Waals surface area (Å²) in [6.07, 6.45) is 1.71. The first-order chi connectivity index (χ1) is 14.5. The average Bonchev–Trinajstić information content (AvgIpc) is 2.80. The highest BCUT2D eigenvalue weighted by Crippen LogP contribution is 2.30. The molecule has 156 valence electrons. The summed E-state index contributed by atoms with van der Waals surface area (Å²) >= 11 is 3.34. The van der Waals surface area contributed by atoms with Crippen molar-refractivity contribution in [2.24, 2.45) is 0 Å². The third-order valence-electron chi connectivity index (χ3n) is 4.88. The third kappa shape index (κ3) is 4.16. The number of benzene rings is 1. The molecule has 8 nitrogen and oxygen atoms in total. The van der Waals surface area contributed by atoms with Gasteiger partial charge in [0.2, 0.25) is 10.0 Å². The van der Waals surface area contributed by atoms with Crippen LogP contribution in [0.15, 0.2) is 64.1 Å².